The zero-order valence-corrected chi connectivity index (χ0v) is 25.0. The van der Waals surface area contributed by atoms with E-state index in [-0.39, 0.29) is 30.4 Å². The fraction of sp³-hybridized carbons (Fsp3) is 0.367. The minimum Gasteiger partial charge on any atom is -0.486 e. The fourth-order valence-electron chi connectivity index (χ4n) is 6.20. The molecule has 2 saturated heterocycles. The molecule has 3 aliphatic rings. The monoisotopic (exact) mass is 619 g/mol. The van der Waals surface area contributed by atoms with Crippen molar-refractivity contribution in [3.8, 4) is 11.5 Å². The maximum atomic E-state index is 13.6. The van der Waals surface area contributed by atoms with Crippen molar-refractivity contribution < 1.29 is 19.1 Å². The molecule has 0 spiro atoms. The van der Waals surface area contributed by atoms with Crippen LogP contribution in [0.3, 0.4) is 0 Å². The first-order valence-electron chi connectivity index (χ1n) is 14.4. The van der Waals surface area contributed by atoms with E-state index in [0.29, 0.717) is 73.1 Å². The zero-order valence-electron chi connectivity index (χ0n) is 24.2. The average Bonchev–Trinajstić information content (AvgIpc) is 3.56. The largest absolute Gasteiger partial charge is 0.486 e. The van der Waals surface area contributed by atoms with Gasteiger partial charge >= 0.3 is 5.69 Å². The molecule has 2 aromatic carbocycles. The Kier molecular flexibility index (Phi) is 6.93. The zero-order chi connectivity index (χ0) is 30.7. The molecule has 2 aromatic heterocycles. The van der Waals surface area contributed by atoms with Crippen LogP contribution >= 0.6 is 11.6 Å². The number of imide groups is 1. The van der Waals surface area contributed by atoms with Gasteiger partial charge in [0.1, 0.15) is 13.2 Å². The Labute approximate surface area is 256 Å². The summed E-state index contributed by atoms with van der Waals surface area (Å²) in [5.74, 6) is 1.09. The summed E-state index contributed by atoms with van der Waals surface area (Å²) >= 11 is 6.50. The number of piperazine rings is 1. The second kappa shape index (κ2) is 10.8. The van der Waals surface area contributed by atoms with Crippen molar-refractivity contribution in [1.82, 2.24) is 23.6 Å². The number of carbonyl (C=O) groups is 2. The van der Waals surface area contributed by atoms with Gasteiger partial charge in [-0.2, -0.15) is 4.98 Å². The van der Waals surface area contributed by atoms with Crippen molar-refractivity contribution in [3.05, 3.63) is 73.9 Å². The minimum atomic E-state index is -0.590. The summed E-state index contributed by atoms with van der Waals surface area (Å²) in [4.78, 5) is 62.8. The van der Waals surface area contributed by atoms with E-state index < -0.39 is 17.3 Å². The molecule has 5 heterocycles. The molecule has 1 atom stereocenters. The number of carbonyl (C=O) groups excluding carboxylic acids is 2. The number of benzene rings is 2. The van der Waals surface area contributed by atoms with Crippen molar-refractivity contribution in [2.24, 2.45) is 14.1 Å². The molecule has 3 aliphatic heterocycles. The van der Waals surface area contributed by atoms with E-state index in [1.807, 2.05) is 32.6 Å². The van der Waals surface area contributed by atoms with Crippen LogP contribution in [0.15, 0.2) is 52.1 Å². The standard InChI is InChI=1S/C30H30ClN7O6/c1-33-26-25(28(41)34(2)30(33)42)37(17-18-5-3-4-6-20(18)31)29(32-26)36-11-9-35(10-12-36)21-16-24(39)38(27(21)40)19-7-8-22-23(15-19)44-14-13-43-22/h3-8,15,21H,9-14,16-17H2,1-2H3. The SMILES string of the molecule is Cn1c(=O)c2c(nc(N3CCN(C4CC(=O)N(c5ccc6c(c5)OCCO6)C4=O)CC3)n2Cc2ccccc2Cl)n(C)c1=O. The van der Waals surface area contributed by atoms with Crippen LogP contribution in [0.2, 0.25) is 5.02 Å². The second-order valence-electron chi connectivity index (χ2n) is 11.1. The van der Waals surface area contributed by atoms with Gasteiger partial charge < -0.3 is 14.4 Å². The van der Waals surface area contributed by atoms with Crippen LogP contribution in [-0.2, 0) is 30.2 Å². The maximum absolute atomic E-state index is 13.6. The molecule has 0 bridgehead atoms. The van der Waals surface area contributed by atoms with Gasteiger partial charge in [-0.3, -0.25) is 33.0 Å². The molecule has 0 radical (unpaired) electrons. The summed E-state index contributed by atoms with van der Waals surface area (Å²) in [6, 6.07) is 11.9. The molecule has 13 nitrogen and oxygen atoms in total. The summed E-state index contributed by atoms with van der Waals surface area (Å²) in [5, 5.41) is 0.554. The van der Waals surface area contributed by atoms with Crippen molar-refractivity contribution in [2.45, 2.75) is 19.0 Å². The Morgan fingerprint density at radius 1 is 0.909 bits per heavy atom. The summed E-state index contributed by atoms with van der Waals surface area (Å²) in [5.41, 5.74) is 0.951. The third kappa shape index (κ3) is 4.54. The van der Waals surface area contributed by atoms with Gasteiger partial charge in [-0.05, 0) is 23.8 Å². The van der Waals surface area contributed by atoms with Gasteiger partial charge in [-0.1, -0.05) is 29.8 Å². The van der Waals surface area contributed by atoms with Gasteiger partial charge in [0.15, 0.2) is 22.7 Å². The second-order valence-corrected chi connectivity index (χ2v) is 11.5. The lowest BCUT2D eigenvalue weighted by Crippen LogP contribution is -2.53. The Balaban J connectivity index is 1.15. The first-order valence-corrected chi connectivity index (χ1v) is 14.8. The first-order chi connectivity index (χ1) is 21.2. The third-order valence-corrected chi connectivity index (χ3v) is 8.93. The number of hydrogen-bond acceptors (Lipinski definition) is 9. The molecular weight excluding hydrogens is 590 g/mol. The molecule has 2 amide bonds. The number of aryl methyl sites for hydroxylation is 1. The van der Waals surface area contributed by atoms with E-state index in [9.17, 15) is 19.2 Å². The van der Waals surface area contributed by atoms with E-state index in [0.717, 1.165) is 10.1 Å². The minimum absolute atomic E-state index is 0.0798. The number of ether oxygens (including phenoxy) is 2. The Bertz CT molecular complexity index is 1940. The highest BCUT2D eigenvalue weighted by Crippen LogP contribution is 2.36. The topological polar surface area (TPSA) is 124 Å². The fourth-order valence-corrected chi connectivity index (χ4v) is 6.40. The number of aromatic nitrogens is 4. The summed E-state index contributed by atoms with van der Waals surface area (Å²) in [7, 11) is 3.04. The lowest BCUT2D eigenvalue weighted by molar-refractivity contribution is -0.123. The van der Waals surface area contributed by atoms with E-state index in [1.165, 1.54) is 16.5 Å². The molecule has 228 valence electrons. The van der Waals surface area contributed by atoms with Gasteiger partial charge in [-0.25, -0.2) is 9.69 Å². The van der Waals surface area contributed by atoms with Crippen LogP contribution in [0.5, 0.6) is 11.5 Å². The molecule has 44 heavy (non-hydrogen) atoms. The number of halogens is 1. The average molecular weight is 620 g/mol. The lowest BCUT2D eigenvalue weighted by atomic mass is 10.1. The highest BCUT2D eigenvalue weighted by Gasteiger charge is 2.44. The van der Waals surface area contributed by atoms with Gasteiger partial charge in [-0.15, -0.1) is 0 Å². The van der Waals surface area contributed by atoms with Gasteiger partial charge in [0, 0.05) is 51.4 Å². The molecule has 14 heteroatoms. The molecule has 0 aliphatic carbocycles. The first kappa shape index (κ1) is 28.2. The van der Waals surface area contributed by atoms with E-state index in [2.05, 4.69) is 0 Å². The normalized spacial score (nSPS) is 18.9. The number of amides is 2. The maximum Gasteiger partial charge on any atom is 0.332 e. The summed E-state index contributed by atoms with van der Waals surface area (Å²) < 4.78 is 15.5. The van der Waals surface area contributed by atoms with E-state index >= 15 is 0 Å². The van der Waals surface area contributed by atoms with Crippen LogP contribution in [0.4, 0.5) is 11.6 Å². The quantitative estimate of drug-likeness (QED) is 0.305. The Morgan fingerprint density at radius 2 is 1.64 bits per heavy atom. The smallest absolute Gasteiger partial charge is 0.332 e. The number of fused-ring (bicyclic) bond motifs is 2. The van der Waals surface area contributed by atoms with Crippen LogP contribution in [0, 0.1) is 0 Å². The highest BCUT2D eigenvalue weighted by molar-refractivity contribution is 6.31. The third-order valence-electron chi connectivity index (χ3n) is 8.56. The van der Waals surface area contributed by atoms with Crippen molar-refractivity contribution in [2.75, 3.05) is 49.2 Å². The Hall–Kier alpha value is -4.62. The predicted octanol–water partition coefficient (Wildman–Crippen LogP) is 1.36. The summed E-state index contributed by atoms with van der Waals surface area (Å²) in [6.07, 6.45) is 0.0798. The molecule has 2 fully saturated rings. The Morgan fingerprint density at radius 3 is 2.39 bits per heavy atom. The summed E-state index contributed by atoms with van der Waals surface area (Å²) in [6.45, 7) is 3.09. The molecular formula is C30H30ClN7O6. The number of imidazole rings is 1. The number of hydrogen-bond donors (Lipinski definition) is 0. The predicted molar refractivity (Wildman–Crippen MR) is 163 cm³/mol. The van der Waals surface area contributed by atoms with Gasteiger partial charge in [0.2, 0.25) is 11.9 Å². The molecule has 0 saturated carbocycles. The lowest BCUT2D eigenvalue weighted by Gasteiger charge is -2.37. The van der Waals surface area contributed by atoms with Crippen molar-refractivity contribution in [1.29, 1.82) is 0 Å². The molecule has 4 aromatic rings. The number of nitrogens with zero attached hydrogens (tertiary/aromatic N) is 7. The van der Waals surface area contributed by atoms with Crippen LogP contribution in [0.25, 0.3) is 11.2 Å². The highest BCUT2D eigenvalue weighted by atomic mass is 35.5. The molecule has 1 unspecified atom stereocenters. The van der Waals surface area contributed by atoms with Gasteiger partial charge in [0.25, 0.3) is 11.5 Å². The van der Waals surface area contributed by atoms with Crippen molar-refractivity contribution >= 4 is 46.2 Å². The van der Waals surface area contributed by atoms with Crippen molar-refractivity contribution in [3.63, 3.8) is 0 Å². The van der Waals surface area contributed by atoms with Crippen LogP contribution in [0.1, 0.15) is 12.0 Å². The van der Waals surface area contributed by atoms with Crippen LogP contribution in [-0.4, -0.2) is 80.8 Å². The van der Waals surface area contributed by atoms with E-state index in [1.54, 1.807) is 31.3 Å². The number of rotatable bonds is 5. The molecule has 7 rings (SSSR count). The van der Waals surface area contributed by atoms with E-state index in [4.69, 9.17) is 26.1 Å². The van der Waals surface area contributed by atoms with Crippen LogP contribution < -0.4 is 30.5 Å². The van der Waals surface area contributed by atoms with Gasteiger partial charge in [0.05, 0.1) is 24.7 Å². The molecule has 0 N–H and O–H groups in total. The number of anilines is 2.